The van der Waals surface area contributed by atoms with Gasteiger partial charge in [-0.25, -0.2) is 4.39 Å². The number of benzene rings is 2. The van der Waals surface area contributed by atoms with Gasteiger partial charge in [0.2, 0.25) is 0 Å². The molecule has 0 unspecified atom stereocenters. The van der Waals surface area contributed by atoms with Crippen molar-refractivity contribution in [3.8, 4) is 5.69 Å². The predicted octanol–water partition coefficient (Wildman–Crippen LogP) is 4.47. The molecule has 5 nitrogen and oxygen atoms in total. The monoisotopic (exact) mass is 459 g/mol. The fourth-order valence-corrected chi connectivity index (χ4v) is 3.49. The molecule has 32 heavy (non-hydrogen) atoms. The minimum Gasteiger partial charge on any atom is -0.317 e. The maximum absolute atomic E-state index is 13.2. The average molecular weight is 459 g/mol. The van der Waals surface area contributed by atoms with Crippen molar-refractivity contribution in [2.75, 3.05) is 4.90 Å². The van der Waals surface area contributed by atoms with E-state index in [1.54, 1.807) is 22.9 Å². The molecule has 0 radical (unpaired) electrons. The highest BCUT2D eigenvalue weighted by molar-refractivity contribution is 7.80. The number of rotatable bonds is 3. The van der Waals surface area contributed by atoms with Crippen molar-refractivity contribution in [1.29, 1.82) is 0 Å². The summed E-state index contributed by atoms with van der Waals surface area (Å²) in [5.41, 5.74) is -0.407. The molecular weight excluding hydrogens is 446 g/mol. The molecule has 1 saturated heterocycles. The lowest BCUT2D eigenvalue weighted by Gasteiger charge is -2.29. The van der Waals surface area contributed by atoms with Crippen molar-refractivity contribution >= 4 is 40.9 Å². The molecule has 1 N–H and O–H groups in total. The summed E-state index contributed by atoms with van der Waals surface area (Å²) in [6.45, 7) is 0. The molecule has 2 heterocycles. The van der Waals surface area contributed by atoms with Gasteiger partial charge in [0, 0.05) is 17.6 Å². The van der Waals surface area contributed by atoms with Crippen LogP contribution in [0.5, 0.6) is 0 Å². The Balaban J connectivity index is 1.74. The zero-order valence-electron chi connectivity index (χ0n) is 16.1. The number of nitrogens with one attached hydrogen (secondary N) is 1. The second kappa shape index (κ2) is 8.04. The summed E-state index contributed by atoms with van der Waals surface area (Å²) in [5, 5.41) is 2.01. The lowest BCUT2D eigenvalue weighted by atomic mass is 10.1. The lowest BCUT2D eigenvalue weighted by molar-refractivity contribution is -0.137. The molecule has 2 aromatic carbocycles. The van der Waals surface area contributed by atoms with Crippen molar-refractivity contribution in [2.45, 2.75) is 6.18 Å². The third-order valence-electron chi connectivity index (χ3n) is 4.71. The van der Waals surface area contributed by atoms with Crippen LogP contribution in [0.3, 0.4) is 0 Å². The van der Waals surface area contributed by atoms with E-state index in [0.29, 0.717) is 11.4 Å². The zero-order valence-corrected chi connectivity index (χ0v) is 16.9. The van der Waals surface area contributed by atoms with Gasteiger partial charge in [-0.1, -0.05) is 6.07 Å². The molecule has 10 heteroatoms. The first-order valence-electron chi connectivity index (χ1n) is 9.17. The Hall–Kier alpha value is -3.79. The van der Waals surface area contributed by atoms with E-state index in [9.17, 15) is 27.2 Å². The van der Waals surface area contributed by atoms with Gasteiger partial charge in [-0.05, 0) is 72.9 Å². The number of carbonyl (C=O) groups is 2. The van der Waals surface area contributed by atoms with Crippen molar-refractivity contribution in [3.63, 3.8) is 0 Å². The number of alkyl halides is 3. The molecule has 0 bridgehead atoms. The first-order chi connectivity index (χ1) is 15.1. The quantitative estimate of drug-likeness (QED) is 0.272. The molecule has 0 aliphatic carbocycles. The van der Waals surface area contributed by atoms with Gasteiger partial charge >= 0.3 is 6.18 Å². The number of aromatic nitrogens is 1. The highest BCUT2D eigenvalue weighted by Gasteiger charge is 2.36. The maximum Gasteiger partial charge on any atom is 0.416 e. The van der Waals surface area contributed by atoms with Gasteiger partial charge in [-0.2, -0.15) is 13.2 Å². The average Bonchev–Trinajstić information content (AvgIpc) is 3.19. The Morgan fingerprint density at radius 2 is 1.66 bits per heavy atom. The van der Waals surface area contributed by atoms with Gasteiger partial charge in [-0.3, -0.25) is 19.8 Å². The van der Waals surface area contributed by atoms with Crippen LogP contribution in [0.25, 0.3) is 11.8 Å². The van der Waals surface area contributed by atoms with Gasteiger partial charge in [0.15, 0.2) is 5.11 Å². The summed E-state index contributed by atoms with van der Waals surface area (Å²) in [7, 11) is 0. The molecule has 1 aromatic heterocycles. The lowest BCUT2D eigenvalue weighted by Crippen LogP contribution is -2.54. The predicted molar refractivity (Wildman–Crippen MR) is 113 cm³/mol. The molecule has 162 valence electrons. The number of thiocarbonyl (C=S) groups is 1. The summed E-state index contributed by atoms with van der Waals surface area (Å²) < 4.78 is 54.2. The number of halogens is 4. The number of nitrogens with zero attached hydrogens (tertiary/aromatic N) is 2. The minimum absolute atomic E-state index is 0.130. The minimum atomic E-state index is -4.62. The maximum atomic E-state index is 13.2. The molecule has 1 aliphatic heterocycles. The van der Waals surface area contributed by atoms with E-state index in [-0.39, 0.29) is 16.4 Å². The highest BCUT2D eigenvalue weighted by atomic mass is 32.1. The zero-order chi connectivity index (χ0) is 23.0. The third kappa shape index (κ3) is 4.04. The van der Waals surface area contributed by atoms with Gasteiger partial charge in [-0.15, -0.1) is 0 Å². The summed E-state index contributed by atoms with van der Waals surface area (Å²) in [6, 6.07) is 12.9. The summed E-state index contributed by atoms with van der Waals surface area (Å²) >= 11 is 5.04. The standard InChI is InChI=1S/C22H13F4N3O2S/c23-14-6-8-15(9-7-14)28-10-2-5-16(28)12-18-19(30)27-21(32)29(20(18)31)17-4-1-3-13(11-17)22(24,25)26/h1-12H,(H,27,30,32)/b18-12+. The van der Waals surface area contributed by atoms with E-state index in [0.717, 1.165) is 23.1 Å². The molecule has 0 saturated carbocycles. The first kappa shape index (κ1) is 21.4. The smallest absolute Gasteiger partial charge is 0.317 e. The summed E-state index contributed by atoms with van der Waals surface area (Å²) in [4.78, 5) is 26.4. The van der Waals surface area contributed by atoms with Crippen LogP contribution in [0.15, 0.2) is 72.4 Å². The number of hydrogen-bond donors (Lipinski definition) is 1. The van der Waals surface area contributed by atoms with Crippen LogP contribution in [0.4, 0.5) is 23.2 Å². The van der Waals surface area contributed by atoms with E-state index in [1.165, 1.54) is 36.4 Å². The van der Waals surface area contributed by atoms with Crippen LogP contribution < -0.4 is 10.2 Å². The molecule has 1 fully saturated rings. The molecule has 3 aromatic rings. The third-order valence-corrected chi connectivity index (χ3v) is 5.00. The molecule has 0 atom stereocenters. The second-order valence-corrected chi connectivity index (χ2v) is 7.17. The van der Waals surface area contributed by atoms with Gasteiger partial charge in [0.1, 0.15) is 11.4 Å². The van der Waals surface area contributed by atoms with Gasteiger partial charge in [0.25, 0.3) is 11.8 Å². The normalized spacial score (nSPS) is 15.9. The number of anilines is 1. The van der Waals surface area contributed by atoms with Crippen LogP contribution in [0.1, 0.15) is 11.3 Å². The van der Waals surface area contributed by atoms with Crippen LogP contribution in [-0.2, 0) is 15.8 Å². The number of amides is 2. The van der Waals surface area contributed by atoms with Crippen LogP contribution in [0, 0.1) is 5.82 Å². The molecule has 0 spiro atoms. The second-order valence-electron chi connectivity index (χ2n) is 6.79. The Bertz CT molecular complexity index is 1260. The molecule has 4 rings (SSSR count). The van der Waals surface area contributed by atoms with E-state index in [4.69, 9.17) is 12.2 Å². The van der Waals surface area contributed by atoms with Crippen molar-refractivity contribution in [2.24, 2.45) is 0 Å². The van der Waals surface area contributed by atoms with E-state index in [2.05, 4.69) is 5.32 Å². The fraction of sp³-hybridized carbons (Fsp3) is 0.0455. The highest BCUT2D eigenvalue weighted by Crippen LogP contribution is 2.32. The van der Waals surface area contributed by atoms with Crippen LogP contribution in [0.2, 0.25) is 0 Å². The summed E-state index contributed by atoms with van der Waals surface area (Å²) in [5.74, 6) is -2.08. The van der Waals surface area contributed by atoms with E-state index in [1.807, 2.05) is 0 Å². The molecule has 2 amide bonds. The fourth-order valence-electron chi connectivity index (χ4n) is 3.21. The van der Waals surface area contributed by atoms with Crippen molar-refractivity contribution in [1.82, 2.24) is 9.88 Å². The molecule has 1 aliphatic rings. The summed E-state index contributed by atoms with van der Waals surface area (Å²) in [6.07, 6.45) is -1.67. The van der Waals surface area contributed by atoms with Crippen LogP contribution in [-0.4, -0.2) is 21.5 Å². The van der Waals surface area contributed by atoms with E-state index >= 15 is 0 Å². The first-order valence-corrected chi connectivity index (χ1v) is 9.58. The Morgan fingerprint density at radius 3 is 2.34 bits per heavy atom. The van der Waals surface area contributed by atoms with Crippen molar-refractivity contribution < 1.29 is 27.2 Å². The topological polar surface area (TPSA) is 54.3 Å². The largest absolute Gasteiger partial charge is 0.416 e. The Morgan fingerprint density at radius 1 is 0.938 bits per heavy atom. The van der Waals surface area contributed by atoms with Gasteiger partial charge in [0.05, 0.1) is 11.3 Å². The number of carbonyl (C=O) groups excluding carboxylic acids is 2. The Labute approximate surface area is 184 Å². The molecular formula is C22H13F4N3O2S. The SMILES string of the molecule is O=C1NC(=S)N(c2cccc(C(F)(F)F)c2)C(=O)/C1=C/c1cccn1-c1ccc(F)cc1. The van der Waals surface area contributed by atoms with Crippen LogP contribution >= 0.6 is 12.2 Å². The Kier molecular flexibility index (Phi) is 5.39. The van der Waals surface area contributed by atoms with Crippen molar-refractivity contribution in [3.05, 3.63) is 89.5 Å². The number of hydrogen-bond acceptors (Lipinski definition) is 3. The van der Waals surface area contributed by atoms with E-state index < -0.39 is 29.4 Å². The van der Waals surface area contributed by atoms with Gasteiger partial charge < -0.3 is 4.57 Å².